The van der Waals surface area contributed by atoms with Crippen LogP contribution in [0.5, 0.6) is 0 Å². The molecule has 0 unspecified atom stereocenters. The van der Waals surface area contributed by atoms with E-state index < -0.39 is 23.6 Å². The first-order valence-electron chi connectivity index (χ1n) is 4.52. The number of carboxylic acid groups (broad SMARTS) is 1. The van der Waals surface area contributed by atoms with Crippen LogP contribution in [0.3, 0.4) is 0 Å². The lowest BCUT2D eigenvalue weighted by Crippen LogP contribution is -2.33. The summed E-state index contributed by atoms with van der Waals surface area (Å²) in [6.45, 7) is 1.22. The van der Waals surface area contributed by atoms with Gasteiger partial charge in [-0.2, -0.15) is 0 Å². The average Bonchev–Trinajstić information content (AvgIpc) is 2.23. The molecular formula is C10H10BrF2NO2. The van der Waals surface area contributed by atoms with Crippen LogP contribution in [0.4, 0.5) is 8.78 Å². The van der Waals surface area contributed by atoms with E-state index >= 15 is 0 Å². The molecule has 0 spiro atoms. The Labute approximate surface area is 99.6 Å². The van der Waals surface area contributed by atoms with Gasteiger partial charge in [0.05, 0.1) is 4.47 Å². The second-order valence-electron chi connectivity index (χ2n) is 3.26. The van der Waals surface area contributed by atoms with E-state index in [4.69, 9.17) is 5.11 Å². The van der Waals surface area contributed by atoms with Gasteiger partial charge in [0.2, 0.25) is 0 Å². The van der Waals surface area contributed by atoms with E-state index in [-0.39, 0.29) is 16.6 Å². The van der Waals surface area contributed by atoms with Gasteiger partial charge in [0, 0.05) is 12.1 Å². The summed E-state index contributed by atoms with van der Waals surface area (Å²) >= 11 is 2.93. The highest BCUT2D eigenvalue weighted by atomic mass is 79.9. The molecule has 0 aliphatic carbocycles. The summed E-state index contributed by atoms with van der Waals surface area (Å²) in [6, 6.07) is 1.52. The first kappa shape index (κ1) is 13.1. The van der Waals surface area contributed by atoms with Gasteiger partial charge in [-0.3, -0.25) is 4.79 Å². The van der Waals surface area contributed by atoms with Crippen LogP contribution in [-0.2, 0) is 11.3 Å². The van der Waals surface area contributed by atoms with Crippen molar-refractivity contribution in [1.29, 1.82) is 0 Å². The molecule has 0 aromatic heterocycles. The Morgan fingerprint density at radius 2 is 2.19 bits per heavy atom. The third kappa shape index (κ3) is 2.99. The number of aliphatic carboxylic acids is 1. The van der Waals surface area contributed by atoms with E-state index in [0.717, 1.165) is 6.07 Å². The predicted octanol–water partition coefficient (Wildman–Crippen LogP) is 2.29. The molecule has 0 saturated heterocycles. The molecule has 1 aromatic carbocycles. The number of carboxylic acids is 1. The lowest BCUT2D eigenvalue weighted by Gasteiger charge is -2.11. The summed E-state index contributed by atoms with van der Waals surface area (Å²) in [7, 11) is 0. The number of rotatable bonds is 4. The van der Waals surface area contributed by atoms with Crippen LogP contribution in [0, 0.1) is 11.6 Å². The molecule has 0 radical (unpaired) electrons. The van der Waals surface area contributed by atoms with Gasteiger partial charge in [-0.1, -0.05) is 0 Å². The molecule has 0 bridgehead atoms. The summed E-state index contributed by atoms with van der Waals surface area (Å²) in [6.07, 6.45) is 0. The average molecular weight is 294 g/mol. The lowest BCUT2D eigenvalue weighted by atomic mass is 10.2. The molecule has 0 aliphatic rings. The van der Waals surface area contributed by atoms with Crippen molar-refractivity contribution >= 4 is 21.9 Å². The van der Waals surface area contributed by atoms with Crippen molar-refractivity contribution in [2.75, 3.05) is 0 Å². The van der Waals surface area contributed by atoms with Gasteiger partial charge in [0.15, 0.2) is 0 Å². The number of carbonyl (C=O) groups is 1. The molecule has 3 nitrogen and oxygen atoms in total. The Hall–Kier alpha value is -1.01. The first-order valence-corrected chi connectivity index (χ1v) is 5.31. The van der Waals surface area contributed by atoms with Crippen molar-refractivity contribution in [2.45, 2.75) is 19.5 Å². The second kappa shape index (κ2) is 5.36. The Bertz CT molecular complexity index is 412. The molecule has 88 valence electrons. The Kier molecular flexibility index (Phi) is 4.37. The van der Waals surface area contributed by atoms with Crippen molar-refractivity contribution < 1.29 is 18.7 Å². The number of hydrogen-bond donors (Lipinski definition) is 2. The molecule has 1 atom stereocenters. The fourth-order valence-corrected chi connectivity index (χ4v) is 1.45. The van der Waals surface area contributed by atoms with Gasteiger partial charge in [0.1, 0.15) is 17.7 Å². The molecule has 2 N–H and O–H groups in total. The zero-order chi connectivity index (χ0) is 12.3. The largest absolute Gasteiger partial charge is 0.480 e. The van der Waals surface area contributed by atoms with Crippen LogP contribution < -0.4 is 5.32 Å². The van der Waals surface area contributed by atoms with E-state index in [1.807, 2.05) is 0 Å². The summed E-state index contributed by atoms with van der Waals surface area (Å²) in [4.78, 5) is 10.5. The standard InChI is InChI=1S/C10H10BrF2NO2/c1-5(10(15)16)14-4-6-8(12)3-2-7(11)9(6)13/h2-3,5,14H,4H2,1H3,(H,15,16)/t5-/m1/s1. The zero-order valence-electron chi connectivity index (χ0n) is 8.43. The SMILES string of the molecule is C[C@@H](NCc1c(F)ccc(Br)c1F)C(=O)O. The van der Waals surface area contributed by atoms with Crippen molar-refractivity contribution in [2.24, 2.45) is 0 Å². The minimum atomic E-state index is -1.07. The van der Waals surface area contributed by atoms with Crippen LogP contribution >= 0.6 is 15.9 Å². The third-order valence-electron chi connectivity index (χ3n) is 2.09. The Morgan fingerprint density at radius 1 is 1.56 bits per heavy atom. The monoisotopic (exact) mass is 293 g/mol. The quantitative estimate of drug-likeness (QED) is 0.838. The lowest BCUT2D eigenvalue weighted by molar-refractivity contribution is -0.139. The number of benzene rings is 1. The van der Waals surface area contributed by atoms with Gasteiger partial charge in [-0.25, -0.2) is 8.78 Å². The molecule has 6 heteroatoms. The maximum absolute atomic E-state index is 13.4. The summed E-state index contributed by atoms with van der Waals surface area (Å²) < 4.78 is 26.8. The normalized spacial score (nSPS) is 12.5. The van der Waals surface area contributed by atoms with Crippen LogP contribution in [0.2, 0.25) is 0 Å². The smallest absolute Gasteiger partial charge is 0.320 e. The summed E-state index contributed by atoms with van der Waals surface area (Å²) in [5, 5.41) is 11.1. The van der Waals surface area contributed by atoms with E-state index in [1.165, 1.54) is 13.0 Å². The predicted molar refractivity (Wildman–Crippen MR) is 58.0 cm³/mol. The van der Waals surface area contributed by atoms with Crippen molar-refractivity contribution in [1.82, 2.24) is 5.32 Å². The molecule has 1 aromatic rings. The van der Waals surface area contributed by atoms with Crippen LogP contribution in [0.25, 0.3) is 0 Å². The van der Waals surface area contributed by atoms with Gasteiger partial charge < -0.3 is 10.4 Å². The van der Waals surface area contributed by atoms with E-state index in [1.54, 1.807) is 0 Å². The van der Waals surface area contributed by atoms with Crippen molar-refractivity contribution in [3.8, 4) is 0 Å². The van der Waals surface area contributed by atoms with E-state index in [9.17, 15) is 13.6 Å². The highest BCUT2D eigenvalue weighted by molar-refractivity contribution is 9.10. The van der Waals surface area contributed by atoms with Crippen molar-refractivity contribution in [3.05, 3.63) is 33.8 Å². The van der Waals surface area contributed by atoms with E-state index in [0.29, 0.717) is 0 Å². The fourth-order valence-electron chi connectivity index (χ4n) is 1.07. The minimum absolute atomic E-state index is 0.147. The zero-order valence-corrected chi connectivity index (χ0v) is 10.0. The molecule has 1 rings (SSSR count). The summed E-state index contributed by atoms with van der Waals surface area (Å²) in [5.41, 5.74) is -0.178. The number of hydrogen-bond acceptors (Lipinski definition) is 2. The molecule has 0 heterocycles. The Morgan fingerprint density at radius 3 is 2.75 bits per heavy atom. The van der Waals surface area contributed by atoms with Crippen LogP contribution in [-0.4, -0.2) is 17.1 Å². The fraction of sp³-hybridized carbons (Fsp3) is 0.300. The number of nitrogens with one attached hydrogen (secondary N) is 1. The summed E-state index contributed by atoms with van der Waals surface area (Å²) in [5.74, 6) is -2.49. The van der Waals surface area contributed by atoms with E-state index in [2.05, 4.69) is 21.2 Å². The minimum Gasteiger partial charge on any atom is -0.480 e. The highest BCUT2D eigenvalue weighted by Gasteiger charge is 2.15. The highest BCUT2D eigenvalue weighted by Crippen LogP contribution is 2.21. The van der Waals surface area contributed by atoms with Crippen molar-refractivity contribution in [3.63, 3.8) is 0 Å². The number of halogens is 3. The Balaban J connectivity index is 2.81. The van der Waals surface area contributed by atoms with Gasteiger partial charge in [-0.05, 0) is 35.0 Å². The van der Waals surface area contributed by atoms with Crippen LogP contribution in [0.1, 0.15) is 12.5 Å². The molecule has 0 aliphatic heterocycles. The third-order valence-corrected chi connectivity index (χ3v) is 2.71. The van der Waals surface area contributed by atoms with Gasteiger partial charge in [0.25, 0.3) is 0 Å². The molecule has 0 amide bonds. The molecule has 0 saturated carbocycles. The second-order valence-corrected chi connectivity index (χ2v) is 4.12. The maximum atomic E-state index is 13.4. The molecular weight excluding hydrogens is 284 g/mol. The topological polar surface area (TPSA) is 49.3 Å². The maximum Gasteiger partial charge on any atom is 0.320 e. The van der Waals surface area contributed by atoms with Crippen LogP contribution in [0.15, 0.2) is 16.6 Å². The first-order chi connectivity index (χ1) is 7.43. The van der Waals surface area contributed by atoms with Gasteiger partial charge in [-0.15, -0.1) is 0 Å². The molecule has 0 fully saturated rings. The molecule has 16 heavy (non-hydrogen) atoms. The van der Waals surface area contributed by atoms with Gasteiger partial charge >= 0.3 is 5.97 Å².